The predicted octanol–water partition coefficient (Wildman–Crippen LogP) is 2.25. The molecule has 3 heterocycles. The number of hydrogen-bond acceptors (Lipinski definition) is 7. The summed E-state index contributed by atoms with van der Waals surface area (Å²) in [4.78, 5) is 4.39. The molecular weight excluding hydrogens is 414 g/mol. The number of anilines is 2. The Kier molecular flexibility index (Phi) is 5.80. The van der Waals surface area contributed by atoms with Gasteiger partial charge in [0.05, 0.1) is 7.11 Å². The normalized spacial score (nSPS) is 18.3. The Morgan fingerprint density at radius 1 is 0.897 bits per heavy atom. The molecule has 0 spiro atoms. The molecule has 1 aromatic heterocycles. The Balaban J connectivity index is 1.44. The molecule has 0 aliphatic carbocycles. The van der Waals surface area contributed by atoms with E-state index in [1.807, 2.05) is 12.1 Å². The lowest BCUT2D eigenvalue weighted by molar-refractivity contribution is 0.373. The van der Waals surface area contributed by atoms with E-state index in [9.17, 15) is 8.42 Å². The van der Waals surface area contributed by atoms with Gasteiger partial charge in [-0.2, -0.15) is 4.31 Å². The van der Waals surface area contributed by atoms with Gasteiger partial charge in [-0.05, 0) is 43.2 Å². The number of halogens is 1. The van der Waals surface area contributed by atoms with E-state index >= 15 is 0 Å². The molecule has 0 amide bonds. The smallest absolute Gasteiger partial charge is 0.246 e. The highest BCUT2D eigenvalue weighted by molar-refractivity contribution is 7.89. The molecule has 0 saturated carbocycles. The van der Waals surface area contributed by atoms with Crippen molar-refractivity contribution in [2.24, 2.45) is 0 Å². The lowest BCUT2D eigenvalue weighted by atomic mass is 10.3. The van der Waals surface area contributed by atoms with Crippen molar-refractivity contribution in [2.75, 3.05) is 56.2 Å². The molecule has 0 N–H and O–H groups in total. The summed E-state index contributed by atoms with van der Waals surface area (Å²) in [6.45, 7) is 3.84. The zero-order valence-electron chi connectivity index (χ0n) is 16.3. The third kappa shape index (κ3) is 4.12. The molecule has 0 radical (unpaired) electrons. The molecule has 156 valence electrons. The van der Waals surface area contributed by atoms with E-state index in [0.717, 1.165) is 24.7 Å². The lowest BCUT2D eigenvalue weighted by Gasteiger charge is -2.34. The van der Waals surface area contributed by atoms with Crippen molar-refractivity contribution in [1.82, 2.24) is 14.5 Å². The molecule has 2 fully saturated rings. The quantitative estimate of drug-likeness (QED) is 0.709. The summed E-state index contributed by atoms with van der Waals surface area (Å²) in [5, 5.41) is 9.07. The highest BCUT2D eigenvalue weighted by atomic mass is 35.5. The minimum absolute atomic E-state index is 0.0932. The van der Waals surface area contributed by atoms with Gasteiger partial charge >= 0.3 is 0 Å². The highest BCUT2D eigenvalue weighted by Crippen LogP contribution is 2.30. The van der Waals surface area contributed by atoms with Crippen LogP contribution in [0.15, 0.2) is 35.2 Å². The summed E-state index contributed by atoms with van der Waals surface area (Å²) in [6.07, 6.45) is 2.38. The van der Waals surface area contributed by atoms with Crippen LogP contribution in [0.3, 0.4) is 0 Å². The number of benzene rings is 1. The van der Waals surface area contributed by atoms with Gasteiger partial charge in [-0.1, -0.05) is 11.6 Å². The molecule has 0 unspecified atom stereocenters. The summed E-state index contributed by atoms with van der Waals surface area (Å²) < 4.78 is 32.9. The molecule has 29 heavy (non-hydrogen) atoms. The SMILES string of the molecule is COc1ccc(Cl)cc1S(=O)(=O)N1CCN(c2ccc(N3CCCC3)nn2)CC1. The van der Waals surface area contributed by atoms with E-state index in [-0.39, 0.29) is 4.90 Å². The molecule has 0 atom stereocenters. The van der Waals surface area contributed by atoms with E-state index in [2.05, 4.69) is 20.0 Å². The van der Waals surface area contributed by atoms with Crippen LogP contribution >= 0.6 is 11.6 Å². The van der Waals surface area contributed by atoms with Crippen LogP contribution in [0.5, 0.6) is 5.75 Å². The summed E-state index contributed by atoms with van der Waals surface area (Å²) in [5.74, 6) is 1.96. The van der Waals surface area contributed by atoms with Crippen molar-refractivity contribution in [3.05, 3.63) is 35.4 Å². The van der Waals surface area contributed by atoms with Crippen molar-refractivity contribution in [3.63, 3.8) is 0 Å². The summed E-state index contributed by atoms with van der Waals surface area (Å²) in [6, 6.07) is 8.58. The van der Waals surface area contributed by atoms with Gasteiger partial charge in [0, 0.05) is 44.3 Å². The van der Waals surface area contributed by atoms with Crippen molar-refractivity contribution in [3.8, 4) is 5.75 Å². The lowest BCUT2D eigenvalue weighted by Crippen LogP contribution is -2.49. The first-order valence-electron chi connectivity index (χ1n) is 9.66. The third-order valence-electron chi connectivity index (χ3n) is 5.37. The van der Waals surface area contributed by atoms with Gasteiger partial charge < -0.3 is 14.5 Å². The number of methoxy groups -OCH3 is 1. The largest absolute Gasteiger partial charge is 0.495 e. The standard InChI is InChI=1S/C19H24ClN5O3S/c1-28-16-5-4-15(20)14-17(16)29(26,27)25-12-10-24(11-13-25)19-7-6-18(21-22-19)23-8-2-3-9-23/h4-7,14H,2-3,8-13H2,1H3. The number of piperazine rings is 1. The number of ether oxygens (including phenoxy) is 1. The van der Waals surface area contributed by atoms with E-state index in [4.69, 9.17) is 16.3 Å². The maximum atomic E-state index is 13.1. The van der Waals surface area contributed by atoms with Crippen LogP contribution in [0, 0.1) is 0 Å². The van der Waals surface area contributed by atoms with E-state index in [1.54, 1.807) is 12.1 Å². The Morgan fingerprint density at radius 3 is 2.03 bits per heavy atom. The maximum Gasteiger partial charge on any atom is 0.246 e. The van der Waals surface area contributed by atoms with Gasteiger partial charge in [-0.15, -0.1) is 10.2 Å². The second-order valence-corrected chi connectivity index (χ2v) is 9.47. The molecule has 8 nitrogen and oxygen atoms in total. The van der Waals surface area contributed by atoms with Crippen molar-refractivity contribution in [1.29, 1.82) is 0 Å². The average molecular weight is 438 g/mol. The zero-order chi connectivity index (χ0) is 20.4. The predicted molar refractivity (Wildman–Crippen MR) is 112 cm³/mol. The first-order valence-corrected chi connectivity index (χ1v) is 11.5. The molecule has 2 aliphatic heterocycles. The first kappa shape index (κ1) is 20.2. The van der Waals surface area contributed by atoms with Gasteiger partial charge in [-0.3, -0.25) is 0 Å². The molecular formula is C19H24ClN5O3S. The van der Waals surface area contributed by atoms with Gasteiger partial charge in [0.1, 0.15) is 10.6 Å². The first-order chi connectivity index (χ1) is 14.0. The molecule has 2 aromatic rings. The Morgan fingerprint density at radius 2 is 1.48 bits per heavy atom. The monoisotopic (exact) mass is 437 g/mol. The number of nitrogens with zero attached hydrogens (tertiary/aromatic N) is 5. The fourth-order valence-electron chi connectivity index (χ4n) is 3.75. The van der Waals surface area contributed by atoms with Crippen molar-refractivity contribution < 1.29 is 13.2 Å². The number of sulfonamides is 1. The Bertz CT molecular complexity index is 956. The van der Waals surface area contributed by atoms with Gasteiger partial charge in [0.15, 0.2) is 11.6 Å². The molecule has 10 heteroatoms. The van der Waals surface area contributed by atoms with Gasteiger partial charge in [0.2, 0.25) is 10.0 Å². The summed E-state index contributed by atoms with van der Waals surface area (Å²) in [7, 11) is -2.25. The topological polar surface area (TPSA) is 78.9 Å². The minimum atomic E-state index is -3.70. The van der Waals surface area contributed by atoms with Crippen LogP contribution < -0.4 is 14.5 Å². The van der Waals surface area contributed by atoms with E-state index < -0.39 is 10.0 Å². The van der Waals surface area contributed by atoms with Crippen LogP contribution in [0.4, 0.5) is 11.6 Å². The highest BCUT2D eigenvalue weighted by Gasteiger charge is 2.31. The molecule has 2 aliphatic rings. The summed E-state index contributed by atoms with van der Waals surface area (Å²) in [5.41, 5.74) is 0. The number of rotatable bonds is 5. The van der Waals surface area contributed by atoms with Gasteiger partial charge in [0.25, 0.3) is 0 Å². The van der Waals surface area contributed by atoms with Crippen LogP contribution in [-0.2, 0) is 10.0 Å². The summed E-state index contributed by atoms with van der Waals surface area (Å²) >= 11 is 6.02. The van der Waals surface area contributed by atoms with Crippen molar-refractivity contribution in [2.45, 2.75) is 17.7 Å². The second kappa shape index (κ2) is 8.33. The Labute approximate surface area is 176 Å². The average Bonchev–Trinajstić information content (AvgIpc) is 3.29. The molecule has 1 aromatic carbocycles. The molecule has 0 bridgehead atoms. The van der Waals surface area contributed by atoms with Crippen LogP contribution in [0.1, 0.15) is 12.8 Å². The van der Waals surface area contributed by atoms with Gasteiger partial charge in [-0.25, -0.2) is 8.42 Å². The van der Waals surface area contributed by atoms with Crippen LogP contribution in [0.25, 0.3) is 0 Å². The van der Waals surface area contributed by atoms with Crippen LogP contribution in [-0.4, -0.2) is 69.3 Å². The fraction of sp³-hybridized carbons (Fsp3) is 0.474. The molecule has 4 rings (SSSR count). The Hall–Kier alpha value is -2.10. The number of aromatic nitrogens is 2. The van der Waals surface area contributed by atoms with E-state index in [1.165, 1.54) is 30.3 Å². The van der Waals surface area contributed by atoms with Crippen molar-refractivity contribution >= 4 is 33.3 Å². The number of hydrogen-bond donors (Lipinski definition) is 0. The second-order valence-electron chi connectivity index (χ2n) is 7.13. The maximum absolute atomic E-state index is 13.1. The van der Waals surface area contributed by atoms with E-state index in [0.29, 0.717) is 37.0 Å². The fourth-order valence-corrected chi connectivity index (χ4v) is 5.59. The zero-order valence-corrected chi connectivity index (χ0v) is 17.9. The minimum Gasteiger partial charge on any atom is -0.495 e. The van der Waals surface area contributed by atoms with Crippen LogP contribution in [0.2, 0.25) is 5.02 Å². The molecule has 2 saturated heterocycles. The third-order valence-corrected chi connectivity index (χ3v) is 7.53.